The second-order valence-electron chi connectivity index (χ2n) is 6.81. The molecule has 19 heavy (non-hydrogen) atoms. The summed E-state index contributed by atoms with van der Waals surface area (Å²) >= 11 is 0. The molecule has 0 bridgehead atoms. The molecule has 1 saturated carbocycles. The van der Waals surface area contributed by atoms with Gasteiger partial charge in [0.2, 0.25) is 0 Å². The van der Waals surface area contributed by atoms with Crippen LogP contribution in [-0.4, -0.2) is 19.0 Å². The Morgan fingerprint density at radius 1 is 1.32 bits per heavy atom. The van der Waals surface area contributed by atoms with E-state index in [0.29, 0.717) is 12.5 Å². The molecule has 2 nitrogen and oxygen atoms in total. The minimum atomic E-state index is -0.217. The largest absolute Gasteiger partial charge is 0.376 e. The molecule has 3 aliphatic rings. The van der Waals surface area contributed by atoms with E-state index >= 15 is 0 Å². The lowest BCUT2D eigenvalue weighted by molar-refractivity contribution is -0.121. The summed E-state index contributed by atoms with van der Waals surface area (Å²) in [5.74, 6) is 0.376. The van der Waals surface area contributed by atoms with E-state index < -0.39 is 0 Å². The Bertz CT molecular complexity index is 538. The predicted octanol–water partition coefficient (Wildman–Crippen LogP) is 2.88. The lowest BCUT2D eigenvalue weighted by atomic mass is 9.50. The molecule has 4 rings (SSSR count). The zero-order valence-corrected chi connectivity index (χ0v) is 11.4. The van der Waals surface area contributed by atoms with Crippen molar-refractivity contribution in [3.63, 3.8) is 0 Å². The van der Waals surface area contributed by atoms with Crippen LogP contribution in [0.4, 0.5) is 0 Å². The van der Waals surface area contributed by atoms with E-state index in [0.717, 1.165) is 19.3 Å². The Balaban J connectivity index is 1.92. The minimum Gasteiger partial charge on any atom is -0.376 e. The highest BCUT2D eigenvalue weighted by Gasteiger charge is 2.61. The van der Waals surface area contributed by atoms with Crippen molar-refractivity contribution >= 4 is 6.29 Å². The second kappa shape index (κ2) is 3.69. The van der Waals surface area contributed by atoms with Gasteiger partial charge in [-0.3, -0.25) is 0 Å². The smallest absolute Gasteiger partial charge is 0.128 e. The van der Waals surface area contributed by atoms with Gasteiger partial charge in [-0.15, -0.1) is 0 Å². The highest BCUT2D eigenvalue weighted by molar-refractivity contribution is 5.63. The molecule has 1 aliphatic heterocycles. The summed E-state index contributed by atoms with van der Waals surface area (Å²) in [6.07, 6.45) is 5.76. The quantitative estimate of drug-likeness (QED) is 0.722. The van der Waals surface area contributed by atoms with Crippen LogP contribution in [0.2, 0.25) is 0 Å². The first kappa shape index (κ1) is 11.7. The third kappa shape index (κ3) is 1.33. The highest BCUT2D eigenvalue weighted by atomic mass is 16.5. The molecule has 0 radical (unpaired) electrons. The number of carbonyl (C=O) groups excluding carboxylic acids is 1. The maximum atomic E-state index is 11.8. The maximum Gasteiger partial charge on any atom is 0.128 e. The summed E-state index contributed by atoms with van der Waals surface area (Å²) in [5.41, 5.74) is 2.79. The van der Waals surface area contributed by atoms with Gasteiger partial charge in [0.15, 0.2) is 0 Å². The maximum absolute atomic E-state index is 11.8. The van der Waals surface area contributed by atoms with Gasteiger partial charge in [-0.25, -0.2) is 0 Å². The highest BCUT2D eigenvalue weighted by Crippen LogP contribution is 2.60. The van der Waals surface area contributed by atoms with Gasteiger partial charge in [-0.1, -0.05) is 37.6 Å². The first-order valence-electron chi connectivity index (χ1n) is 7.36. The molecule has 100 valence electrons. The third-order valence-corrected chi connectivity index (χ3v) is 5.87. The van der Waals surface area contributed by atoms with E-state index in [1.165, 1.54) is 23.8 Å². The molecule has 0 amide bonds. The van der Waals surface area contributed by atoms with Crippen LogP contribution < -0.4 is 0 Å². The van der Waals surface area contributed by atoms with Crippen molar-refractivity contribution in [3.05, 3.63) is 35.4 Å². The van der Waals surface area contributed by atoms with Crippen LogP contribution in [-0.2, 0) is 21.4 Å². The standard InChI is InChI=1S/C17H20O2/c1-16-7-4-8-17(10-18)11-19-14(15(16)17)9-12-5-2-3-6-13(12)16/h2-3,5-6,10,14-15H,4,7-9,11H2,1H3. The van der Waals surface area contributed by atoms with Gasteiger partial charge < -0.3 is 9.53 Å². The van der Waals surface area contributed by atoms with Crippen molar-refractivity contribution < 1.29 is 9.53 Å². The lowest BCUT2D eigenvalue weighted by Gasteiger charge is -2.52. The monoisotopic (exact) mass is 256 g/mol. The van der Waals surface area contributed by atoms with Crippen LogP contribution in [0.3, 0.4) is 0 Å². The van der Waals surface area contributed by atoms with Crippen LogP contribution in [0.5, 0.6) is 0 Å². The van der Waals surface area contributed by atoms with E-state index in [-0.39, 0.29) is 16.9 Å². The van der Waals surface area contributed by atoms with Crippen molar-refractivity contribution in [3.8, 4) is 0 Å². The van der Waals surface area contributed by atoms with E-state index in [9.17, 15) is 4.79 Å². The Morgan fingerprint density at radius 3 is 3.00 bits per heavy atom. The van der Waals surface area contributed by atoms with Crippen molar-refractivity contribution in [2.24, 2.45) is 11.3 Å². The molecule has 1 heterocycles. The summed E-state index contributed by atoms with van der Waals surface area (Å²) in [7, 11) is 0. The number of aldehydes is 1. The van der Waals surface area contributed by atoms with Crippen LogP contribution >= 0.6 is 0 Å². The molecule has 2 fully saturated rings. The van der Waals surface area contributed by atoms with Crippen LogP contribution in [0.1, 0.15) is 37.3 Å². The zero-order chi connectivity index (χ0) is 13.1. The number of ether oxygens (including phenoxy) is 1. The number of hydrogen-bond donors (Lipinski definition) is 0. The number of rotatable bonds is 1. The summed E-state index contributed by atoms with van der Waals surface area (Å²) in [6.45, 7) is 2.99. The fraction of sp³-hybridized carbons (Fsp3) is 0.588. The topological polar surface area (TPSA) is 26.3 Å². The van der Waals surface area contributed by atoms with Crippen molar-refractivity contribution in [1.29, 1.82) is 0 Å². The van der Waals surface area contributed by atoms with E-state index in [4.69, 9.17) is 4.74 Å². The number of carbonyl (C=O) groups is 1. The van der Waals surface area contributed by atoms with E-state index in [2.05, 4.69) is 31.2 Å². The molecule has 4 atom stereocenters. The predicted molar refractivity (Wildman–Crippen MR) is 73.1 cm³/mol. The molecular formula is C17H20O2. The molecule has 0 aromatic heterocycles. The zero-order valence-electron chi connectivity index (χ0n) is 11.4. The Kier molecular flexibility index (Phi) is 2.27. The Hall–Kier alpha value is -1.15. The molecule has 0 spiro atoms. The van der Waals surface area contributed by atoms with Gasteiger partial charge in [0.05, 0.1) is 18.1 Å². The summed E-state index contributed by atoms with van der Waals surface area (Å²) in [6, 6.07) is 8.76. The van der Waals surface area contributed by atoms with Gasteiger partial charge in [0.1, 0.15) is 6.29 Å². The van der Waals surface area contributed by atoms with Gasteiger partial charge >= 0.3 is 0 Å². The summed E-state index contributed by atoms with van der Waals surface area (Å²) in [5, 5.41) is 0. The average Bonchev–Trinajstić information content (AvgIpc) is 2.81. The lowest BCUT2D eigenvalue weighted by Crippen LogP contribution is -2.53. The molecule has 4 unspecified atom stereocenters. The average molecular weight is 256 g/mol. The van der Waals surface area contributed by atoms with E-state index in [1.807, 2.05) is 0 Å². The van der Waals surface area contributed by atoms with Crippen molar-refractivity contribution in [2.75, 3.05) is 6.61 Å². The van der Waals surface area contributed by atoms with Crippen LogP contribution in [0, 0.1) is 11.3 Å². The van der Waals surface area contributed by atoms with Gasteiger partial charge in [0.25, 0.3) is 0 Å². The van der Waals surface area contributed by atoms with Crippen LogP contribution in [0.25, 0.3) is 0 Å². The van der Waals surface area contributed by atoms with Crippen molar-refractivity contribution in [2.45, 2.75) is 44.1 Å². The van der Waals surface area contributed by atoms with Crippen molar-refractivity contribution in [1.82, 2.24) is 0 Å². The van der Waals surface area contributed by atoms with Gasteiger partial charge in [0, 0.05) is 5.92 Å². The molecule has 1 saturated heterocycles. The normalized spacial score (nSPS) is 43.4. The molecule has 1 aromatic rings. The first-order valence-corrected chi connectivity index (χ1v) is 7.36. The molecule has 2 heteroatoms. The van der Waals surface area contributed by atoms with Crippen LogP contribution in [0.15, 0.2) is 24.3 Å². The molecule has 0 N–H and O–H groups in total. The fourth-order valence-electron chi connectivity index (χ4n) is 5.15. The molecular weight excluding hydrogens is 236 g/mol. The van der Waals surface area contributed by atoms with E-state index in [1.54, 1.807) is 0 Å². The Labute approximate surface area is 114 Å². The summed E-state index contributed by atoms with van der Waals surface area (Å²) in [4.78, 5) is 11.8. The van der Waals surface area contributed by atoms with Gasteiger partial charge in [-0.05, 0) is 35.8 Å². The third-order valence-electron chi connectivity index (χ3n) is 5.87. The second-order valence-corrected chi connectivity index (χ2v) is 6.81. The Morgan fingerprint density at radius 2 is 2.16 bits per heavy atom. The first-order chi connectivity index (χ1) is 9.20. The summed E-state index contributed by atoms with van der Waals surface area (Å²) < 4.78 is 6.06. The molecule has 1 aromatic carbocycles. The SMILES string of the molecule is CC12CCCC3(C=O)COC(Cc4ccccc41)C32. The van der Waals surface area contributed by atoms with Gasteiger partial charge in [-0.2, -0.15) is 0 Å². The number of fused-ring (bicyclic) bond motifs is 2. The number of hydrogen-bond acceptors (Lipinski definition) is 2. The number of benzene rings is 1. The minimum absolute atomic E-state index is 0.120. The fourth-order valence-corrected chi connectivity index (χ4v) is 5.15. The molecule has 2 aliphatic carbocycles.